The van der Waals surface area contributed by atoms with E-state index in [4.69, 9.17) is 4.74 Å². The second-order valence-electron chi connectivity index (χ2n) is 7.03. The number of thiophene rings is 1. The van der Waals surface area contributed by atoms with Gasteiger partial charge >= 0.3 is 6.09 Å². The highest BCUT2D eigenvalue weighted by molar-refractivity contribution is 9.10. The van der Waals surface area contributed by atoms with Crippen molar-refractivity contribution < 1.29 is 9.53 Å². The monoisotopic (exact) mass is 411 g/mol. The molecular formula is C17H22BrN3O2S. The number of hydrogen-bond donors (Lipinski definition) is 1. The van der Waals surface area contributed by atoms with Crippen LogP contribution in [0.3, 0.4) is 0 Å². The molecule has 3 heterocycles. The summed E-state index contributed by atoms with van der Waals surface area (Å²) in [6.07, 6.45) is 3.56. The Hall–Kier alpha value is -1.34. The summed E-state index contributed by atoms with van der Waals surface area (Å²) in [5, 5.41) is 6.75. The van der Waals surface area contributed by atoms with Crippen LogP contribution in [0.4, 0.5) is 10.6 Å². The largest absolute Gasteiger partial charge is 0.444 e. The Morgan fingerprint density at radius 3 is 3.04 bits per heavy atom. The first-order chi connectivity index (χ1) is 11.3. The van der Waals surface area contributed by atoms with E-state index in [0.717, 1.165) is 39.8 Å². The van der Waals surface area contributed by atoms with E-state index in [1.807, 2.05) is 33.0 Å². The van der Waals surface area contributed by atoms with Crippen LogP contribution < -0.4 is 5.32 Å². The molecule has 7 heteroatoms. The second kappa shape index (κ2) is 6.88. The van der Waals surface area contributed by atoms with Gasteiger partial charge in [0.1, 0.15) is 11.4 Å². The topological polar surface area (TPSA) is 54.5 Å². The molecule has 1 fully saturated rings. The lowest BCUT2D eigenvalue weighted by molar-refractivity contribution is 0.0206. The van der Waals surface area contributed by atoms with Crippen molar-refractivity contribution in [2.24, 2.45) is 0 Å². The van der Waals surface area contributed by atoms with E-state index in [9.17, 15) is 4.79 Å². The fraction of sp³-hybridized carbons (Fsp3) is 0.529. The average molecular weight is 412 g/mol. The first-order valence-corrected chi connectivity index (χ1v) is 9.77. The summed E-state index contributed by atoms with van der Waals surface area (Å²) in [6.45, 7) is 7.06. The third-order valence-electron chi connectivity index (χ3n) is 3.86. The number of amides is 1. The van der Waals surface area contributed by atoms with E-state index in [1.165, 1.54) is 0 Å². The smallest absolute Gasteiger partial charge is 0.410 e. The van der Waals surface area contributed by atoms with Crippen molar-refractivity contribution in [3.8, 4) is 0 Å². The molecule has 1 N–H and O–H groups in total. The van der Waals surface area contributed by atoms with Gasteiger partial charge in [-0.3, -0.25) is 0 Å². The van der Waals surface area contributed by atoms with Crippen LogP contribution in [0.1, 0.15) is 33.6 Å². The Morgan fingerprint density at radius 1 is 1.50 bits per heavy atom. The minimum atomic E-state index is -0.464. The van der Waals surface area contributed by atoms with Gasteiger partial charge < -0.3 is 15.0 Å². The molecule has 0 unspecified atom stereocenters. The number of anilines is 1. The molecule has 130 valence electrons. The molecule has 0 aliphatic carbocycles. The molecule has 3 rings (SSSR count). The number of halogens is 1. The van der Waals surface area contributed by atoms with Crippen LogP contribution in [0, 0.1) is 0 Å². The van der Waals surface area contributed by atoms with Crippen molar-refractivity contribution in [2.45, 2.75) is 45.3 Å². The molecule has 1 aliphatic rings. The summed E-state index contributed by atoms with van der Waals surface area (Å²) in [4.78, 5) is 18.6. The number of pyridine rings is 1. The standard InChI is InChI=1S/C17H22BrN3O2S/c1-17(2,3)23-16(22)21-8-4-5-11(9-21)20-15-14-12(6-7-19-15)13(18)10-24-14/h6-7,10-11H,4-5,8-9H2,1-3H3,(H,19,20)/t11-/m1/s1. The number of nitrogens with one attached hydrogen (secondary N) is 1. The maximum atomic E-state index is 12.3. The Bertz CT molecular complexity index is 741. The number of carbonyl (C=O) groups is 1. The van der Waals surface area contributed by atoms with Gasteiger partial charge in [0.2, 0.25) is 0 Å². The van der Waals surface area contributed by atoms with Crippen LogP contribution in [0.2, 0.25) is 0 Å². The Labute approximate surface area is 154 Å². The van der Waals surface area contributed by atoms with Crippen LogP contribution in [-0.4, -0.2) is 40.7 Å². The van der Waals surface area contributed by atoms with Gasteiger partial charge in [0.05, 0.1) is 4.70 Å². The van der Waals surface area contributed by atoms with Crippen LogP contribution >= 0.6 is 27.3 Å². The Morgan fingerprint density at radius 2 is 2.29 bits per heavy atom. The maximum absolute atomic E-state index is 12.3. The van der Waals surface area contributed by atoms with Gasteiger partial charge in [0, 0.05) is 40.6 Å². The molecule has 1 aliphatic heterocycles. The number of aromatic nitrogens is 1. The Kier molecular flexibility index (Phi) is 5.01. The van der Waals surface area contributed by atoms with Gasteiger partial charge in [-0.2, -0.15) is 0 Å². The SMILES string of the molecule is CC(C)(C)OC(=O)N1CCC[C@@H](Nc2nccc3c(Br)csc23)C1. The minimum absolute atomic E-state index is 0.185. The molecule has 2 aromatic heterocycles. The van der Waals surface area contributed by atoms with E-state index in [-0.39, 0.29) is 12.1 Å². The predicted molar refractivity (Wildman–Crippen MR) is 102 cm³/mol. The van der Waals surface area contributed by atoms with E-state index in [1.54, 1.807) is 16.2 Å². The van der Waals surface area contributed by atoms with Gasteiger partial charge in [-0.25, -0.2) is 9.78 Å². The molecule has 0 saturated carbocycles. The van der Waals surface area contributed by atoms with E-state index < -0.39 is 5.60 Å². The number of likely N-dealkylation sites (tertiary alicyclic amines) is 1. The zero-order valence-corrected chi connectivity index (χ0v) is 16.5. The first-order valence-electron chi connectivity index (χ1n) is 8.09. The lowest BCUT2D eigenvalue weighted by Gasteiger charge is -2.34. The number of nitrogens with zero attached hydrogens (tertiary/aromatic N) is 2. The number of hydrogen-bond acceptors (Lipinski definition) is 5. The summed E-state index contributed by atoms with van der Waals surface area (Å²) >= 11 is 5.24. The van der Waals surface area contributed by atoms with Gasteiger partial charge in [0.15, 0.2) is 0 Å². The van der Waals surface area contributed by atoms with Gasteiger partial charge in [-0.1, -0.05) is 0 Å². The first kappa shape index (κ1) is 17.5. The highest BCUT2D eigenvalue weighted by Gasteiger charge is 2.28. The van der Waals surface area contributed by atoms with Crippen molar-refractivity contribution >= 4 is 49.3 Å². The number of fused-ring (bicyclic) bond motifs is 1. The lowest BCUT2D eigenvalue weighted by atomic mass is 10.1. The number of ether oxygens (including phenoxy) is 1. The molecular weight excluding hydrogens is 390 g/mol. The van der Waals surface area contributed by atoms with Gasteiger partial charge in [0.25, 0.3) is 0 Å². The third-order valence-corrected chi connectivity index (χ3v) is 5.82. The molecule has 1 atom stereocenters. The van der Waals surface area contributed by atoms with E-state index in [2.05, 4.69) is 31.6 Å². The van der Waals surface area contributed by atoms with Gasteiger partial charge in [-0.05, 0) is 55.6 Å². The van der Waals surface area contributed by atoms with Crippen molar-refractivity contribution in [3.05, 3.63) is 22.1 Å². The second-order valence-corrected chi connectivity index (χ2v) is 8.76. The normalized spacial score (nSPS) is 18.7. The zero-order valence-electron chi connectivity index (χ0n) is 14.1. The summed E-state index contributed by atoms with van der Waals surface area (Å²) in [6, 6.07) is 2.19. The van der Waals surface area contributed by atoms with Crippen molar-refractivity contribution in [1.29, 1.82) is 0 Å². The van der Waals surface area contributed by atoms with Crippen LogP contribution in [0.25, 0.3) is 10.1 Å². The summed E-state index contributed by atoms with van der Waals surface area (Å²) in [7, 11) is 0. The maximum Gasteiger partial charge on any atom is 0.410 e. The average Bonchev–Trinajstić information content (AvgIpc) is 2.89. The fourth-order valence-corrected chi connectivity index (χ4v) is 4.43. The Balaban J connectivity index is 1.70. The summed E-state index contributed by atoms with van der Waals surface area (Å²) in [5.41, 5.74) is -0.464. The summed E-state index contributed by atoms with van der Waals surface area (Å²) < 4.78 is 7.72. The molecule has 1 saturated heterocycles. The van der Waals surface area contributed by atoms with E-state index >= 15 is 0 Å². The molecule has 24 heavy (non-hydrogen) atoms. The number of piperidine rings is 1. The predicted octanol–water partition coefficient (Wildman–Crippen LogP) is 4.87. The lowest BCUT2D eigenvalue weighted by Crippen LogP contribution is -2.47. The van der Waals surface area contributed by atoms with Crippen LogP contribution in [0.15, 0.2) is 22.1 Å². The number of carbonyl (C=O) groups excluding carboxylic acids is 1. The molecule has 1 amide bonds. The zero-order chi connectivity index (χ0) is 17.3. The van der Waals surface area contributed by atoms with E-state index in [0.29, 0.717) is 6.54 Å². The molecule has 0 spiro atoms. The van der Waals surface area contributed by atoms with Gasteiger partial charge in [-0.15, -0.1) is 11.3 Å². The van der Waals surface area contributed by atoms with Crippen LogP contribution in [-0.2, 0) is 4.74 Å². The third kappa shape index (κ3) is 4.00. The quantitative estimate of drug-likeness (QED) is 0.765. The number of rotatable bonds is 2. The minimum Gasteiger partial charge on any atom is -0.444 e. The molecule has 2 aromatic rings. The molecule has 5 nitrogen and oxygen atoms in total. The fourth-order valence-electron chi connectivity index (χ4n) is 2.81. The highest BCUT2D eigenvalue weighted by Crippen LogP contribution is 2.34. The highest BCUT2D eigenvalue weighted by atomic mass is 79.9. The molecule has 0 aromatic carbocycles. The van der Waals surface area contributed by atoms with Crippen molar-refractivity contribution in [1.82, 2.24) is 9.88 Å². The van der Waals surface area contributed by atoms with Crippen molar-refractivity contribution in [2.75, 3.05) is 18.4 Å². The van der Waals surface area contributed by atoms with Crippen LogP contribution in [0.5, 0.6) is 0 Å². The van der Waals surface area contributed by atoms with Crippen molar-refractivity contribution in [3.63, 3.8) is 0 Å². The molecule has 0 radical (unpaired) electrons. The summed E-state index contributed by atoms with van der Waals surface area (Å²) in [5.74, 6) is 0.888. The molecule has 0 bridgehead atoms.